The number of benzene rings is 1. The van der Waals surface area contributed by atoms with Crippen LogP contribution in [-0.4, -0.2) is 21.7 Å². The number of aromatic nitrogens is 2. The van der Waals surface area contributed by atoms with Crippen LogP contribution in [0.25, 0.3) is 0 Å². The van der Waals surface area contributed by atoms with E-state index in [1.54, 1.807) is 16.8 Å². The van der Waals surface area contributed by atoms with Crippen molar-refractivity contribution >= 4 is 34.9 Å². The Kier molecular flexibility index (Phi) is 5.16. The SMILES string of the molecule is C[C@@H](C(=O)N(c1ccn(C)n1)C1CCCC1)c1ccc(Cl)c(Cl)c1. The fraction of sp³-hybridized carbons (Fsp3) is 0.444. The van der Waals surface area contributed by atoms with Gasteiger partial charge in [0.15, 0.2) is 5.82 Å². The third kappa shape index (κ3) is 3.45. The van der Waals surface area contributed by atoms with Gasteiger partial charge in [0, 0.05) is 25.4 Å². The molecule has 1 aliphatic rings. The molecule has 0 aliphatic heterocycles. The van der Waals surface area contributed by atoms with Crippen LogP contribution in [-0.2, 0) is 11.8 Å². The maximum atomic E-state index is 13.2. The average Bonchev–Trinajstić information content (AvgIpc) is 3.22. The van der Waals surface area contributed by atoms with Gasteiger partial charge >= 0.3 is 0 Å². The van der Waals surface area contributed by atoms with Crippen LogP contribution in [0, 0.1) is 0 Å². The minimum absolute atomic E-state index is 0.0546. The van der Waals surface area contributed by atoms with Crippen molar-refractivity contribution in [2.75, 3.05) is 4.90 Å². The quantitative estimate of drug-likeness (QED) is 0.779. The van der Waals surface area contributed by atoms with Crippen molar-refractivity contribution in [3.05, 3.63) is 46.1 Å². The van der Waals surface area contributed by atoms with Gasteiger partial charge < -0.3 is 0 Å². The molecule has 0 radical (unpaired) electrons. The Bertz CT molecular complexity index is 738. The first-order valence-corrected chi connectivity index (χ1v) is 9.00. The summed E-state index contributed by atoms with van der Waals surface area (Å²) in [5.41, 5.74) is 0.869. The van der Waals surface area contributed by atoms with Gasteiger partial charge in [0.2, 0.25) is 5.91 Å². The molecule has 3 rings (SSSR count). The lowest BCUT2D eigenvalue weighted by molar-refractivity contribution is -0.120. The molecule has 0 N–H and O–H groups in total. The highest BCUT2D eigenvalue weighted by atomic mass is 35.5. The first-order valence-electron chi connectivity index (χ1n) is 8.25. The van der Waals surface area contributed by atoms with Crippen molar-refractivity contribution in [3.8, 4) is 0 Å². The first kappa shape index (κ1) is 17.3. The summed E-state index contributed by atoms with van der Waals surface area (Å²) >= 11 is 12.1. The molecule has 1 fully saturated rings. The number of amides is 1. The predicted octanol–water partition coefficient (Wildman–Crippen LogP) is 4.81. The summed E-state index contributed by atoms with van der Waals surface area (Å²) in [6, 6.07) is 7.50. The van der Waals surface area contributed by atoms with Crippen LogP contribution in [0.1, 0.15) is 44.1 Å². The molecule has 0 unspecified atom stereocenters. The Morgan fingerprint density at radius 3 is 2.54 bits per heavy atom. The molecule has 1 aliphatic carbocycles. The number of nitrogens with zero attached hydrogens (tertiary/aromatic N) is 3. The van der Waals surface area contributed by atoms with Crippen LogP contribution in [0.4, 0.5) is 5.82 Å². The summed E-state index contributed by atoms with van der Waals surface area (Å²) in [5.74, 6) is 0.475. The summed E-state index contributed by atoms with van der Waals surface area (Å²) in [6.07, 6.45) is 6.23. The Labute approximate surface area is 152 Å². The van der Waals surface area contributed by atoms with Crippen molar-refractivity contribution < 1.29 is 4.79 Å². The third-order valence-corrected chi connectivity index (χ3v) is 5.43. The predicted molar refractivity (Wildman–Crippen MR) is 97.8 cm³/mol. The Hall–Kier alpha value is -1.52. The molecule has 1 saturated carbocycles. The van der Waals surface area contributed by atoms with Crippen molar-refractivity contribution in [3.63, 3.8) is 0 Å². The first-order chi connectivity index (χ1) is 11.5. The van der Waals surface area contributed by atoms with Crippen LogP contribution in [0.15, 0.2) is 30.5 Å². The van der Waals surface area contributed by atoms with E-state index >= 15 is 0 Å². The van der Waals surface area contributed by atoms with Crippen LogP contribution in [0.5, 0.6) is 0 Å². The molecule has 1 atom stereocenters. The molecule has 2 aromatic rings. The maximum absolute atomic E-state index is 13.2. The van der Waals surface area contributed by atoms with E-state index in [9.17, 15) is 4.79 Å². The van der Waals surface area contributed by atoms with Gasteiger partial charge in [-0.05, 0) is 37.5 Å². The number of hydrogen-bond acceptors (Lipinski definition) is 2. The van der Waals surface area contributed by atoms with E-state index in [0.717, 1.165) is 37.1 Å². The van der Waals surface area contributed by atoms with Gasteiger partial charge in [-0.2, -0.15) is 5.10 Å². The second-order valence-corrected chi connectivity index (χ2v) is 7.20. The monoisotopic (exact) mass is 365 g/mol. The molecular formula is C18H21Cl2N3O. The molecule has 1 amide bonds. The third-order valence-electron chi connectivity index (χ3n) is 4.69. The molecule has 0 bridgehead atoms. The molecular weight excluding hydrogens is 345 g/mol. The Balaban J connectivity index is 1.91. The highest BCUT2D eigenvalue weighted by Crippen LogP contribution is 2.32. The molecule has 6 heteroatoms. The number of hydrogen-bond donors (Lipinski definition) is 0. The molecule has 0 saturated heterocycles. The summed E-state index contributed by atoms with van der Waals surface area (Å²) < 4.78 is 1.73. The van der Waals surface area contributed by atoms with Gasteiger partial charge in [-0.15, -0.1) is 0 Å². The zero-order chi connectivity index (χ0) is 17.3. The molecule has 1 heterocycles. The number of aryl methyl sites for hydroxylation is 1. The molecule has 0 spiro atoms. The highest BCUT2D eigenvalue weighted by molar-refractivity contribution is 6.42. The summed E-state index contributed by atoms with van der Waals surface area (Å²) in [6.45, 7) is 1.91. The number of carbonyl (C=O) groups is 1. The van der Waals surface area contributed by atoms with Crippen molar-refractivity contribution in [2.24, 2.45) is 7.05 Å². The van der Waals surface area contributed by atoms with Gasteiger partial charge in [0.25, 0.3) is 0 Å². The largest absolute Gasteiger partial charge is 0.292 e. The van der Waals surface area contributed by atoms with Gasteiger partial charge in [-0.1, -0.05) is 42.1 Å². The van der Waals surface area contributed by atoms with Crippen molar-refractivity contribution in [2.45, 2.75) is 44.6 Å². The van der Waals surface area contributed by atoms with E-state index in [1.807, 2.05) is 37.2 Å². The van der Waals surface area contributed by atoms with Gasteiger partial charge in [-0.3, -0.25) is 14.4 Å². The lowest BCUT2D eigenvalue weighted by Crippen LogP contribution is -2.41. The minimum atomic E-state index is -0.303. The summed E-state index contributed by atoms with van der Waals surface area (Å²) in [7, 11) is 1.86. The van der Waals surface area contributed by atoms with Crippen LogP contribution < -0.4 is 4.90 Å². The smallest absolute Gasteiger partial charge is 0.235 e. The fourth-order valence-electron chi connectivity index (χ4n) is 3.31. The average molecular weight is 366 g/mol. The molecule has 4 nitrogen and oxygen atoms in total. The molecule has 1 aromatic heterocycles. The lowest BCUT2D eigenvalue weighted by atomic mass is 9.98. The topological polar surface area (TPSA) is 38.1 Å². The number of anilines is 1. The minimum Gasteiger partial charge on any atom is -0.292 e. The summed E-state index contributed by atoms with van der Waals surface area (Å²) in [5, 5.41) is 5.43. The second-order valence-electron chi connectivity index (χ2n) is 6.39. The van der Waals surface area contributed by atoms with Crippen molar-refractivity contribution in [1.82, 2.24) is 9.78 Å². The highest BCUT2D eigenvalue weighted by Gasteiger charge is 2.32. The Morgan fingerprint density at radius 2 is 1.96 bits per heavy atom. The zero-order valence-electron chi connectivity index (χ0n) is 13.9. The van der Waals surface area contributed by atoms with Gasteiger partial charge in [-0.25, -0.2) is 0 Å². The number of halogens is 2. The summed E-state index contributed by atoms with van der Waals surface area (Å²) in [4.78, 5) is 15.1. The molecule has 1 aromatic carbocycles. The van der Waals surface area contributed by atoms with Crippen LogP contribution in [0.2, 0.25) is 10.0 Å². The fourth-order valence-corrected chi connectivity index (χ4v) is 3.61. The van der Waals surface area contributed by atoms with E-state index in [4.69, 9.17) is 23.2 Å². The normalized spacial score (nSPS) is 16.3. The van der Waals surface area contributed by atoms with E-state index in [0.29, 0.717) is 10.0 Å². The van der Waals surface area contributed by atoms with Crippen molar-refractivity contribution in [1.29, 1.82) is 0 Å². The van der Waals surface area contributed by atoms with Crippen LogP contribution >= 0.6 is 23.2 Å². The second kappa shape index (κ2) is 7.16. The lowest BCUT2D eigenvalue weighted by Gasteiger charge is -2.29. The van der Waals surface area contributed by atoms with Crippen LogP contribution in [0.3, 0.4) is 0 Å². The van der Waals surface area contributed by atoms with E-state index in [2.05, 4.69) is 5.10 Å². The number of carbonyl (C=O) groups excluding carboxylic acids is 1. The zero-order valence-corrected chi connectivity index (χ0v) is 15.4. The molecule has 24 heavy (non-hydrogen) atoms. The van der Waals surface area contributed by atoms with E-state index < -0.39 is 0 Å². The standard InChI is InChI=1S/C18H21Cl2N3O/c1-12(13-7-8-15(19)16(20)11-13)18(24)23(14-5-3-4-6-14)17-9-10-22(2)21-17/h7-12,14H,3-6H2,1-2H3/t12-/m1/s1. The molecule has 128 valence electrons. The van der Waals surface area contributed by atoms with E-state index in [1.165, 1.54) is 0 Å². The van der Waals surface area contributed by atoms with Gasteiger partial charge in [0.05, 0.1) is 16.0 Å². The number of rotatable bonds is 4. The Morgan fingerprint density at radius 1 is 1.25 bits per heavy atom. The van der Waals surface area contributed by atoms with Gasteiger partial charge in [0.1, 0.15) is 0 Å². The maximum Gasteiger partial charge on any atom is 0.235 e. The van der Waals surface area contributed by atoms with E-state index in [-0.39, 0.29) is 17.9 Å².